The molecule has 5 rings (SSSR count). The fourth-order valence-electron chi connectivity index (χ4n) is 4.18. The minimum Gasteiger partial charge on any atom is -0.341 e. The van der Waals surface area contributed by atoms with E-state index in [1.54, 1.807) is 0 Å². The van der Waals surface area contributed by atoms with Gasteiger partial charge in [-0.2, -0.15) is 0 Å². The van der Waals surface area contributed by atoms with Crippen molar-refractivity contribution in [3.63, 3.8) is 0 Å². The smallest absolute Gasteiger partial charge is 0.234 e. The van der Waals surface area contributed by atoms with Crippen LogP contribution in [0.4, 0.5) is 11.6 Å². The largest absolute Gasteiger partial charge is 0.341 e. The van der Waals surface area contributed by atoms with Gasteiger partial charge in [0.25, 0.3) is 0 Å². The van der Waals surface area contributed by atoms with Crippen LogP contribution in [0, 0.1) is 6.92 Å². The van der Waals surface area contributed by atoms with Crippen LogP contribution in [0.1, 0.15) is 18.4 Å². The zero-order valence-electron chi connectivity index (χ0n) is 19.1. The number of carbonyl (C=O) groups excluding carboxylic acids is 1. The van der Waals surface area contributed by atoms with Gasteiger partial charge in [-0.05, 0) is 43.5 Å². The lowest BCUT2D eigenvalue weighted by atomic mass is 10.0. The van der Waals surface area contributed by atoms with Crippen molar-refractivity contribution >= 4 is 29.3 Å². The van der Waals surface area contributed by atoms with Gasteiger partial charge in [0.05, 0.1) is 11.4 Å². The molecule has 1 N–H and O–H groups in total. The quantitative estimate of drug-likeness (QED) is 0.358. The highest BCUT2D eigenvalue weighted by Gasteiger charge is 2.23. The van der Waals surface area contributed by atoms with Crippen LogP contribution in [-0.2, 0) is 4.79 Å². The van der Waals surface area contributed by atoms with Gasteiger partial charge in [0, 0.05) is 24.3 Å². The number of thioether (sulfide) groups is 1. The molecule has 0 radical (unpaired) electrons. The summed E-state index contributed by atoms with van der Waals surface area (Å²) in [5.74, 6) is 1.01. The van der Waals surface area contributed by atoms with E-state index in [1.807, 2.05) is 54.6 Å². The highest BCUT2D eigenvalue weighted by atomic mass is 32.2. The average molecular weight is 470 g/mol. The molecule has 6 nitrogen and oxygen atoms in total. The Hall–Kier alpha value is -3.58. The number of carbonyl (C=O) groups is 1. The molecule has 4 aromatic rings. The van der Waals surface area contributed by atoms with E-state index >= 15 is 0 Å². The van der Waals surface area contributed by atoms with Gasteiger partial charge in [0.1, 0.15) is 0 Å². The molecule has 172 valence electrons. The zero-order valence-corrected chi connectivity index (χ0v) is 20.0. The second-order valence-corrected chi connectivity index (χ2v) is 9.34. The Kier molecular flexibility index (Phi) is 6.62. The Morgan fingerprint density at radius 3 is 2.38 bits per heavy atom. The van der Waals surface area contributed by atoms with Crippen LogP contribution in [0.5, 0.6) is 0 Å². The van der Waals surface area contributed by atoms with E-state index in [2.05, 4.69) is 56.2 Å². The fourth-order valence-corrected chi connectivity index (χ4v) is 4.92. The van der Waals surface area contributed by atoms with E-state index in [0.29, 0.717) is 0 Å². The number of hydrogen-bond acceptors (Lipinski definition) is 5. The molecule has 0 atom stereocenters. The Morgan fingerprint density at radius 1 is 0.912 bits per heavy atom. The maximum absolute atomic E-state index is 12.9. The van der Waals surface area contributed by atoms with E-state index in [-0.39, 0.29) is 11.7 Å². The summed E-state index contributed by atoms with van der Waals surface area (Å²) in [5, 5.41) is 12.8. The van der Waals surface area contributed by atoms with Gasteiger partial charge in [0.2, 0.25) is 11.9 Å². The first-order valence-corrected chi connectivity index (χ1v) is 12.5. The van der Waals surface area contributed by atoms with Gasteiger partial charge in [-0.1, -0.05) is 78.0 Å². The van der Waals surface area contributed by atoms with Gasteiger partial charge in [-0.3, -0.25) is 9.36 Å². The normalized spacial score (nSPS) is 13.3. The van der Waals surface area contributed by atoms with Gasteiger partial charge in [0.15, 0.2) is 5.16 Å². The molecule has 1 amide bonds. The number of benzene rings is 3. The van der Waals surface area contributed by atoms with E-state index in [1.165, 1.54) is 17.3 Å². The van der Waals surface area contributed by atoms with Crippen LogP contribution in [0.2, 0.25) is 0 Å². The Bertz CT molecular complexity index is 1260. The molecule has 0 saturated carbocycles. The maximum Gasteiger partial charge on any atom is 0.234 e. The van der Waals surface area contributed by atoms with Crippen LogP contribution in [0.25, 0.3) is 16.8 Å². The summed E-state index contributed by atoms with van der Waals surface area (Å²) in [5.41, 5.74) is 5.08. The number of rotatable bonds is 7. The monoisotopic (exact) mass is 469 g/mol. The molecular formula is C27H27N5OS. The highest BCUT2D eigenvalue weighted by Crippen LogP contribution is 2.30. The highest BCUT2D eigenvalue weighted by molar-refractivity contribution is 7.99. The molecule has 1 saturated heterocycles. The molecule has 0 bridgehead atoms. The molecule has 34 heavy (non-hydrogen) atoms. The van der Waals surface area contributed by atoms with Crippen LogP contribution in [-0.4, -0.2) is 39.5 Å². The fraction of sp³-hybridized carbons (Fsp3) is 0.222. The minimum absolute atomic E-state index is 0.0745. The van der Waals surface area contributed by atoms with Crippen molar-refractivity contribution in [3.8, 4) is 16.8 Å². The summed E-state index contributed by atoms with van der Waals surface area (Å²) >= 11 is 1.41. The zero-order chi connectivity index (χ0) is 23.3. The van der Waals surface area contributed by atoms with Crippen molar-refractivity contribution in [3.05, 3.63) is 84.4 Å². The number of para-hydroxylation sites is 1. The number of hydrogen-bond donors (Lipinski definition) is 1. The van der Waals surface area contributed by atoms with Crippen LogP contribution in [0.15, 0.2) is 84.0 Å². The second-order valence-electron chi connectivity index (χ2n) is 8.40. The van der Waals surface area contributed by atoms with E-state index in [4.69, 9.17) is 0 Å². The maximum atomic E-state index is 12.9. The predicted octanol–water partition coefficient (Wildman–Crippen LogP) is 5.57. The van der Waals surface area contributed by atoms with Crippen molar-refractivity contribution in [2.75, 3.05) is 29.1 Å². The number of aryl methyl sites for hydroxylation is 1. The van der Waals surface area contributed by atoms with Crippen molar-refractivity contribution in [1.82, 2.24) is 14.8 Å². The summed E-state index contributed by atoms with van der Waals surface area (Å²) in [6.45, 7) is 4.03. The van der Waals surface area contributed by atoms with Crippen molar-refractivity contribution in [2.45, 2.75) is 24.9 Å². The number of nitrogens with one attached hydrogen (secondary N) is 1. The third-order valence-corrected chi connectivity index (χ3v) is 6.84. The standard InChI is InChI=1S/C27H27N5OS/c1-20-13-15-22(16-14-20)32-26(31-17-7-8-18-31)29-30-27(32)34-19-25(33)28-24-12-6-5-11-23(24)21-9-3-2-4-10-21/h2-6,9-16H,7-8,17-19H2,1H3,(H,28,33). The lowest BCUT2D eigenvalue weighted by molar-refractivity contribution is -0.113. The molecule has 1 aromatic heterocycles. The second kappa shape index (κ2) is 10.1. The van der Waals surface area contributed by atoms with Gasteiger partial charge >= 0.3 is 0 Å². The van der Waals surface area contributed by atoms with E-state index in [9.17, 15) is 4.79 Å². The molecule has 1 aliphatic heterocycles. The minimum atomic E-state index is -0.0745. The summed E-state index contributed by atoms with van der Waals surface area (Å²) in [6, 6.07) is 26.3. The lowest BCUT2D eigenvalue weighted by Crippen LogP contribution is -2.22. The summed E-state index contributed by atoms with van der Waals surface area (Å²) in [6.07, 6.45) is 2.32. The Morgan fingerprint density at radius 2 is 1.62 bits per heavy atom. The van der Waals surface area contributed by atoms with Crippen molar-refractivity contribution < 1.29 is 4.79 Å². The summed E-state index contributed by atoms with van der Waals surface area (Å²) in [4.78, 5) is 15.2. The molecular weight excluding hydrogens is 442 g/mol. The van der Waals surface area contributed by atoms with Crippen LogP contribution >= 0.6 is 11.8 Å². The number of aromatic nitrogens is 3. The van der Waals surface area contributed by atoms with Crippen molar-refractivity contribution in [1.29, 1.82) is 0 Å². The van der Waals surface area contributed by atoms with E-state index in [0.717, 1.165) is 59.5 Å². The van der Waals surface area contributed by atoms with E-state index < -0.39 is 0 Å². The molecule has 0 unspecified atom stereocenters. The number of nitrogens with zero attached hydrogens (tertiary/aromatic N) is 4. The molecule has 3 aromatic carbocycles. The first kappa shape index (κ1) is 22.2. The topological polar surface area (TPSA) is 63.1 Å². The molecule has 2 heterocycles. The molecule has 0 aliphatic carbocycles. The van der Waals surface area contributed by atoms with Gasteiger partial charge in [-0.25, -0.2) is 0 Å². The van der Waals surface area contributed by atoms with Crippen molar-refractivity contribution in [2.24, 2.45) is 0 Å². The predicted molar refractivity (Wildman–Crippen MR) is 139 cm³/mol. The summed E-state index contributed by atoms with van der Waals surface area (Å²) < 4.78 is 2.07. The summed E-state index contributed by atoms with van der Waals surface area (Å²) in [7, 11) is 0. The Balaban J connectivity index is 1.35. The average Bonchev–Trinajstić information content (AvgIpc) is 3.54. The third kappa shape index (κ3) is 4.84. The Labute approximate surface area is 204 Å². The number of amides is 1. The lowest BCUT2D eigenvalue weighted by Gasteiger charge is -2.18. The third-order valence-electron chi connectivity index (χ3n) is 5.92. The SMILES string of the molecule is Cc1ccc(-n2c(SCC(=O)Nc3ccccc3-c3ccccc3)nnc2N2CCCC2)cc1. The molecule has 1 aliphatic rings. The van der Waals surface area contributed by atoms with Crippen LogP contribution < -0.4 is 10.2 Å². The van der Waals surface area contributed by atoms with Gasteiger partial charge < -0.3 is 10.2 Å². The number of anilines is 2. The first-order valence-electron chi connectivity index (χ1n) is 11.5. The molecule has 7 heteroatoms. The van der Waals surface area contributed by atoms with Crippen LogP contribution in [0.3, 0.4) is 0 Å². The van der Waals surface area contributed by atoms with Gasteiger partial charge in [-0.15, -0.1) is 10.2 Å². The molecule has 1 fully saturated rings. The first-order chi connectivity index (χ1) is 16.7. The molecule has 0 spiro atoms.